The molecule has 3 heteroatoms. The molecule has 13 heavy (non-hydrogen) atoms. The third kappa shape index (κ3) is 2.78. The molecule has 2 N–H and O–H groups in total. The summed E-state index contributed by atoms with van der Waals surface area (Å²) in [7, 11) is 1.83. The monoisotopic (exact) mass is 185 g/mol. The molecule has 0 heterocycles. The Morgan fingerprint density at radius 2 is 1.92 bits per heavy atom. The molecule has 1 saturated carbocycles. The first kappa shape index (κ1) is 10.7. The third-order valence-corrected chi connectivity index (χ3v) is 2.96. The lowest BCUT2D eigenvalue weighted by molar-refractivity contribution is -0.120. The first-order valence-electron chi connectivity index (χ1n) is 5.01. The summed E-state index contributed by atoms with van der Waals surface area (Å²) in [5.74, 6) is 0.634. The van der Waals surface area contributed by atoms with Gasteiger partial charge in [-0.15, -0.1) is 0 Å². The molecule has 0 saturated heterocycles. The molecule has 0 spiro atoms. The summed E-state index contributed by atoms with van der Waals surface area (Å²) in [6.07, 6.45) is 3.48. The van der Waals surface area contributed by atoms with Crippen molar-refractivity contribution in [1.29, 1.82) is 0 Å². The minimum Gasteiger partial charge on any atom is -0.393 e. The van der Waals surface area contributed by atoms with Gasteiger partial charge in [-0.2, -0.15) is 0 Å². The molecule has 1 atom stereocenters. The van der Waals surface area contributed by atoms with Crippen LogP contribution < -0.4 is 5.32 Å². The highest BCUT2D eigenvalue weighted by Gasteiger charge is 2.28. The summed E-state index contributed by atoms with van der Waals surface area (Å²) < 4.78 is 0. The van der Waals surface area contributed by atoms with Crippen molar-refractivity contribution in [3.05, 3.63) is 0 Å². The minimum atomic E-state index is -0.138. The van der Waals surface area contributed by atoms with Crippen molar-refractivity contribution in [3.8, 4) is 0 Å². The second kappa shape index (κ2) is 4.72. The fraction of sp³-hybridized carbons (Fsp3) is 0.900. The van der Waals surface area contributed by atoms with Gasteiger partial charge in [0.25, 0.3) is 0 Å². The standard InChI is InChI=1S/C10H19NO2/c1-7(12)10(11-2)8-3-5-9(13)6-4-8/h8-11,13H,3-6H2,1-2H3/t8?,9?,10-/m1/s1. The van der Waals surface area contributed by atoms with Crippen LogP contribution in [-0.4, -0.2) is 30.1 Å². The van der Waals surface area contributed by atoms with E-state index in [0.29, 0.717) is 5.92 Å². The highest BCUT2D eigenvalue weighted by atomic mass is 16.3. The molecule has 1 fully saturated rings. The maximum atomic E-state index is 11.2. The Hall–Kier alpha value is -0.410. The highest BCUT2D eigenvalue weighted by Crippen LogP contribution is 2.27. The van der Waals surface area contributed by atoms with E-state index >= 15 is 0 Å². The van der Waals surface area contributed by atoms with Crippen LogP contribution in [0.25, 0.3) is 0 Å². The van der Waals surface area contributed by atoms with Crippen LogP contribution >= 0.6 is 0 Å². The fourth-order valence-corrected chi connectivity index (χ4v) is 2.21. The molecule has 1 rings (SSSR count). The van der Waals surface area contributed by atoms with Crippen LogP contribution in [0.1, 0.15) is 32.6 Å². The molecule has 0 aromatic carbocycles. The molecule has 0 bridgehead atoms. The Labute approximate surface area is 79.5 Å². The molecule has 1 aliphatic rings. The summed E-state index contributed by atoms with van der Waals surface area (Å²) in [6.45, 7) is 1.63. The van der Waals surface area contributed by atoms with E-state index in [0.717, 1.165) is 25.7 Å². The van der Waals surface area contributed by atoms with Crippen molar-refractivity contribution >= 4 is 5.78 Å². The van der Waals surface area contributed by atoms with Gasteiger partial charge in [-0.3, -0.25) is 4.79 Å². The van der Waals surface area contributed by atoms with Gasteiger partial charge in [-0.05, 0) is 45.6 Å². The summed E-state index contributed by atoms with van der Waals surface area (Å²) in [5, 5.41) is 12.4. The second-order valence-electron chi connectivity index (χ2n) is 3.95. The summed E-state index contributed by atoms with van der Waals surface area (Å²) >= 11 is 0. The summed E-state index contributed by atoms with van der Waals surface area (Å²) in [6, 6.07) is -0.00694. The number of rotatable bonds is 3. The van der Waals surface area contributed by atoms with Crippen LogP contribution in [0.3, 0.4) is 0 Å². The molecular formula is C10H19NO2. The maximum absolute atomic E-state index is 11.2. The Morgan fingerprint density at radius 1 is 1.38 bits per heavy atom. The van der Waals surface area contributed by atoms with E-state index in [4.69, 9.17) is 0 Å². The second-order valence-corrected chi connectivity index (χ2v) is 3.95. The van der Waals surface area contributed by atoms with E-state index in [1.807, 2.05) is 7.05 Å². The molecule has 0 aromatic heterocycles. The van der Waals surface area contributed by atoms with Crippen molar-refractivity contribution in [1.82, 2.24) is 5.32 Å². The fourth-order valence-electron chi connectivity index (χ4n) is 2.21. The molecule has 0 aliphatic heterocycles. The quantitative estimate of drug-likeness (QED) is 0.681. The van der Waals surface area contributed by atoms with Gasteiger partial charge >= 0.3 is 0 Å². The lowest BCUT2D eigenvalue weighted by Crippen LogP contribution is -2.41. The van der Waals surface area contributed by atoms with Gasteiger partial charge in [0.15, 0.2) is 0 Å². The number of hydrogen-bond donors (Lipinski definition) is 2. The van der Waals surface area contributed by atoms with Crippen LogP contribution in [0.5, 0.6) is 0 Å². The van der Waals surface area contributed by atoms with Crippen molar-refractivity contribution in [2.45, 2.75) is 44.8 Å². The van der Waals surface area contributed by atoms with E-state index in [-0.39, 0.29) is 17.9 Å². The van der Waals surface area contributed by atoms with E-state index < -0.39 is 0 Å². The molecule has 0 aromatic rings. The Kier molecular flexibility index (Phi) is 3.88. The predicted octanol–water partition coefficient (Wildman–Crippen LogP) is 0.714. The van der Waals surface area contributed by atoms with Crippen LogP contribution in [0.15, 0.2) is 0 Å². The number of ketones is 1. The number of aliphatic hydroxyl groups excluding tert-OH is 1. The largest absolute Gasteiger partial charge is 0.393 e. The van der Waals surface area contributed by atoms with E-state index in [2.05, 4.69) is 5.32 Å². The van der Waals surface area contributed by atoms with Gasteiger partial charge in [0.2, 0.25) is 0 Å². The van der Waals surface area contributed by atoms with Gasteiger partial charge < -0.3 is 10.4 Å². The van der Waals surface area contributed by atoms with Gasteiger partial charge in [0.05, 0.1) is 12.1 Å². The Morgan fingerprint density at radius 3 is 2.31 bits per heavy atom. The van der Waals surface area contributed by atoms with Crippen LogP contribution in [-0.2, 0) is 4.79 Å². The molecule has 76 valence electrons. The summed E-state index contributed by atoms with van der Waals surface area (Å²) in [5.41, 5.74) is 0. The van der Waals surface area contributed by atoms with Gasteiger partial charge in [-0.25, -0.2) is 0 Å². The number of carbonyl (C=O) groups excluding carboxylic acids is 1. The average molecular weight is 185 g/mol. The smallest absolute Gasteiger partial charge is 0.146 e. The number of likely N-dealkylation sites (N-methyl/N-ethyl adjacent to an activating group) is 1. The van der Waals surface area contributed by atoms with Crippen molar-refractivity contribution in [3.63, 3.8) is 0 Å². The zero-order valence-electron chi connectivity index (χ0n) is 8.42. The normalized spacial score (nSPS) is 31.3. The lowest BCUT2D eigenvalue weighted by atomic mass is 9.81. The zero-order chi connectivity index (χ0) is 9.84. The van der Waals surface area contributed by atoms with Crippen molar-refractivity contribution in [2.75, 3.05) is 7.05 Å². The lowest BCUT2D eigenvalue weighted by Gasteiger charge is -2.30. The summed E-state index contributed by atoms with van der Waals surface area (Å²) in [4.78, 5) is 11.2. The molecule has 3 nitrogen and oxygen atoms in total. The molecule has 0 unspecified atom stereocenters. The highest BCUT2D eigenvalue weighted by molar-refractivity contribution is 5.81. The maximum Gasteiger partial charge on any atom is 0.146 e. The first-order valence-corrected chi connectivity index (χ1v) is 5.01. The Balaban J connectivity index is 2.46. The Bertz CT molecular complexity index is 174. The number of Topliss-reactive ketones (excluding diaryl/α,β-unsaturated/α-hetero) is 1. The number of carbonyl (C=O) groups is 1. The van der Waals surface area contributed by atoms with Gasteiger partial charge in [0, 0.05) is 0 Å². The SMILES string of the molecule is CN[C@H](C(C)=O)C1CCC(O)CC1. The van der Waals surface area contributed by atoms with Crippen molar-refractivity contribution < 1.29 is 9.90 Å². The van der Waals surface area contributed by atoms with Crippen LogP contribution in [0.2, 0.25) is 0 Å². The third-order valence-electron chi connectivity index (χ3n) is 2.96. The minimum absolute atomic E-state index is 0.00694. The number of nitrogens with one attached hydrogen (secondary N) is 1. The average Bonchev–Trinajstić information content (AvgIpc) is 2.09. The zero-order valence-corrected chi connectivity index (χ0v) is 8.42. The molecule has 0 radical (unpaired) electrons. The molecule has 0 amide bonds. The van der Waals surface area contributed by atoms with Crippen LogP contribution in [0, 0.1) is 5.92 Å². The van der Waals surface area contributed by atoms with Crippen molar-refractivity contribution in [2.24, 2.45) is 5.92 Å². The van der Waals surface area contributed by atoms with E-state index in [9.17, 15) is 9.90 Å². The molecular weight excluding hydrogens is 166 g/mol. The predicted molar refractivity (Wildman–Crippen MR) is 51.5 cm³/mol. The van der Waals surface area contributed by atoms with Crippen LogP contribution in [0.4, 0.5) is 0 Å². The number of aliphatic hydroxyl groups is 1. The number of hydrogen-bond acceptors (Lipinski definition) is 3. The van der Waals surface area contributed by atoms with E-state index in [1.165, 1.54) is 0 Å². The van der Waals surface area contributed by atoms with Gasteiger partial charge in [0.1, 0.15) is 5.78 Å². The topological polar surface area (TPSA) is 49.3 Å². The molecule has 1 aliphatic carbocycles. The first-order chi connectivity index (χ1) is 6.15. The van der Waals surface area contributed by atoms with Gasteiger partial charge in [-0.1, -0.05) is 0 Å². The van der Waals surface area contributed by atoms with E-state index in [1.54, 1.807) is 6.92 Å².